The molecule has 0 saturated carbocycles. The lowest BCUT2D eigenvalue weighted by Crippen LogP contribution is -2.48. The average Bonchev–Trinajstić information content (AvgIpc) is 3.20. The minimum atomic E-state index is -0.325. The number of rotatable bonds is 6. The van der Waals surface area contributed by atoms with Crippen LogP contribution in [0.25, 0.3) is 11.3 Å². The van der Waals surface area contributed by atoms with Gasteiger partial charge in [-0.2, -0.15) is 0 Å². The van der Waals surface area contributed by atoms with Gasteiger partial charge in [-0.15, -0.1) is 11.3 Å². The van der Waals surface area contributed by atoms with Gasteiger partial charge in [-0.1, -0.05) is 0 Å². The Labute approximate surface area is 178 Å². The van der Waals surface area contributed by atoms with Crippen LogP contribution in [0.5, 0.6) is 0 Å². The molecular weight excluding hydrogens is 406 g/mol. The zero-order valence-corrected chi connectivity index (χ0v) is 17.2. The Morgan fingerprint density at radius 1 is 0.933 bits per heavy atom. The van der Waals surface area contributed by atoms with Crippen LogP contribution in [0.4, 0.5) is 14.5 Å². The number of hydrogen-bond acceptors (Lipinski definition) is 5. The molecule has 1 aliphatic heterocycles. The fourth-order valence-electron chi connectivity index (χ4n) is 3.37. The predicted molar refractivity (Wildman–Crippen MR) is 114 cm³/mol. The van der Waals surface area contributed by atoms with E-state index in [0.717, 1.165) is 49.0 Å². The molecule has 30 heavy (non-hydrogen) atoms. The maximum absolute atomic E-state index is 13.1. The molecule has 0 spiro atoms. The van der Waals surface area contributed by atoms with Crippen molar-refractivity contribution in [2.75, 3.05) is 38.0 Å². The molecular formula is C22H22F2N4OS. The Balaban J connectivity index is 1.23. The van der Waals surface area contributed by atoms with Gasteiger partial charge in [0.25, 0.3) is 0 Å². The van der Waals surface area contributed by atoms with E-state index in [2.05, 4.69) is 20.1 Å². The lowest BCUT2D eigenvalue weighted by atomic mass is 10.2. The van der Waals surface area contributed by atoms with Crippen molar-refractivity contribution in [3.8, 4) is 11.3 Å². The molecule has 0 aliphatic carbocycles. The molecule has 1 fully saturated rings. The summed E-state index contributed by atoms with van der Waals surface area (Å²) < 4.78 is 26.0. The molecule has 8 heteroatoms. The first-order chi connectivity index (χ1) is 14.5. The third-order valence-electron chi connectivity index (χ3n) is 5.01. The van der Waals surface area contributed by atoms with Crippen LogP contribution in [0, 0.1) is 11.6 Å². The van der Waals surface area contributed by atoms with Crippen molar-refractivity contribution < 1.29 is 13.6 Å². The van der Waals surface area contributed by atoms with Crippen molar-refractivity contribution in [1.29, 1.82) is 0 Å². The Bertz CT molecular complexity index is 983. The van der Waals surface area contributed by atoms with Gasteiger partial charge in [-0.3, -0.25) is 14.6 Å². The van der Waals surface area contributed by atoms with Crippen molar-refractivity contribution in [1.82, 2.24) is 14.8 Å². The minimum Gasteiger partial charge on any atom is -0.325 e. The summed E-state index contributed by atoms with van der Waals surface area (Å²) in [6.07, 6.45) is 0. The number of anilines is 1. The van der Waals surface area contributed by atoms with Gasteiger partial charge in [0.2, 0.25) is 5.91 Å². The molecule has 1 saturated heterocycles. The monoisotopic (exact) mass is 428 g/mol. The zero-order chi connectivity index (χ0) is 20.9. The van der Waals surface area contributed by atoms with Crippen LogP contribution >= 0.6 is 11.3 Å². The molecule has 156 valence electrons. The minimum absolute atomic E-state index is 0.0982. The summed E-state index contributed by atoms with van der Waals surface area (Å²) in [5.74, 6) is -0.675. The SMILES string of the molecule is O=C(CN1CCN(Cc2nc(-c3ccc(F)cc3)cs2)CC1)Nc1ccc(F)cc1. The molecule has 0 atom stereocenters. The maximum atomic E-state index is 13.1. The van der Waals surface area contributed by atoms with Crippen molar-refractivity contribution >= 4 is 22.9 Å². The van der Waals surface area contributed by atoms with E-state index in [9.17, 15) is 13.6 Å². The first-order valence-electron chi connectivity index (χ1n) is 9.76. The normalized spacial score (nSPS) is 15.3. The van der Waals surface area contributed by atoms with Crippen LogP contribution in [0.1, 0.15) is 5.01 Å². The number of piperazine rings is 1. The lowest BCUT2D eigenvalue weighted by molar-refractivity contribution is -0.117. The number of aromatic nitrogens is 1. The van der Waals surface area contributed by atoms with Crippen LogP contribution in [-0.2, 0) is 11.3 Å². The maximum Gasteiger partial charge on any atom is 0.238 e. The van der Waals surface area contributed by atoms with Crippen LogP contribution in [0.3, 0.4) is 0 Å². The molecule has 2 heterocycles. The molecule has 1 aliphatic rings. The summed E-state index contributed by atoms with van der Waals surface area (Å²) >= 11 is 1.60. The number of nitrogens with zero attached hydrogens (tertiary/aromatic N) is 3. The first kappa shape index (κ1) is 20.6. The van der Waals surface area contributed by atoms with Gasteiger partial charge >= 0.3 is 0 Å². The number of carbonyl (C=O) groups is 1. The summed E-state index contributed by atoms with van der Waals surface area (Å²) in [6, 6.07) is 12.1. The van der Waals surface area contributed by atoms with Crippen LogP contribution in [-0.4, -0.2) is 53.4 Å². The van der Waals surface area contributed by atoms with E-state index in [1.807, 2.05) is 5.38 Å². The number of hydrogen-bond donors (Lipinski definition) is 1. The molecule has 4 rings (SSSR count). The summed E-state index contributed by atoms with van der Waals surface area (Å²) in [7, 11) is 0. The summed E-state index contributed by atoms with van der Waals surface area (Å²) in [4.78, 5) is 21.3. The fraction of sp³-hybridized carbons (Fsp3) is 0.273. The average molecular weight is 429 g/mol. The van der Waals surface area contributed by atoms with Crippen LogP contribution in [0.2, 0.25) is 0 Å². The molecule has 1 N–H and O–H groups in total. The molecule has 1 aromatic heterocycles. The second-order valence-corrected chi connectivity index (χ2v) is 8.18. The first-order valence-corrected chi connectivity index (χ1v) is 10.6. The standard InChI is InChI=1S/C22H22F2N4OS/c23-17-3-1-16(2-4-17)20-15-30-22(26-20)14-28-11-9-27(10-12-28)13-21(29)25-19-7-5-18(24)6-8-19/h1-8,15H,9-14H2,(H,25,29). The summed E-state index contributed by atoms with van der Waals surface area (Å²) in [5.41, 5.74) is 2.38. The second-order valence-electron chi connectivity index (χ2n) is 7.24. The molecule has 2 aromatic carbocycles. The largest absolute Gasteiger partial charge is 0.325 e. The van der Waals surface area contributed by atoms with E-state index in [-0.39, 0.29) is 17.5 Å². The number of thiazole rings is 1. The summed E-state index contributed by atoms with van der Waals surface area (Å²) in [6.45, 7) is 4.39. The van der Waals surface area contributed by atoms with Crippen LogP contribution < -0.4 is 5.32 Å². The van der Waals surface area contributed by atoms with Gasteiger partial charge in [0.15, 0.2) is 0 Å². The number of halogens is 2. The highest BCUT2D eigenvalue weighted by Crippen LogP contribution is 2.23. The van der Waals surface area contributed by atoms with Gasteiger partial charge < -0.3 is 5.32 Å². The molecule has 1 amide bonds. The van der Waals surface area contributed by atoms with Crippen molar-refractivity contribution in [2.24, 2.45) is 0 Å². The number of amides is 1. The smallest absolute Gasteiger partial charge is 0.238 e. The molecule has 0 unspecified atom stereocenters. The van der Waals surface area contributed by atoms with E-state index < -0.39 is 0 Å². The van der Waals surface area contributed by atoms with E-state index in [1.165, 1.54) is 24.3 Å². The topological polar surface area (TPSA) is 48.5 Å². The molecule has 5 nitrogen and oxygen atoms in total. The van der Waals surface area contributed by atoms with Gasteiger partial charge in [-0.05, 0) is 48.5 Å². The van der Waals surface area contributed by atoms with Gasteiger partial charge in [0.1, 0.15) is 16.6 Å². The highest BCUT2D eigenvalue weighted by atomic mass is 32.1. The van der Waals surface area contributed by atoms with Crippen molar-refractivity contribution in [3.05, 3.63) is 70.6 Å². The predicted octanol–water partition coefficient (Wildman–Crippen LogP) is 3.84. The quantitative estimate of drug-likeness (QED) is 0.648. The van der Waals surface area contributed by atoms with Gasteiger partial charge in [0, 0.05) is 42.8 Å². The molecule has 0 bridgehead atoms. The van der Waals surface area contributed by atoms with E-state index >= 15 is 0 Å². The van der Waals surface area contributed by atoms with E-state index in [1.54, 1.807) is 35.6 Å². The fourth-order valence-corrected chi connectivity index (χ4v) is 4.22. The highest BCUT2D eigenvalue weighted by Gasteiger charge is 2.20. The second kappa shape index (κ2) is 9.42. The Kier molecular flexibility index (Phi) is 6.47. The van der Waals surface area contributed by atoms with Gasteiger partial charge in [-0.25, -0.2) is 13.8 Å². The molecule has 3 aromatic rings. The number of nitrogens with one attached hydrogen (secondary N) is 1. The third kappa shape index (κ3) is 5.47. The van der Waals surface area contributed by atoms with E-state index in [0.29, 0.717) is 12.2 Å². The Morgan fingerprint density at radius 3 is 2.20 bits per heavy atom. The van der Waals surface area contributed by atoms with E-state index in [4.69, 9.17) is 0 Å². The highest BCUT2D eigenvalue weighted by molar-refractivity contribution is 7.09. The Hall–Kier alpha value is -2.68. The lowest BCUT2D eigenvalue weighted by Gasteiger charge is -2.33. The number of carbonyl (C=O) groups excluding carboxylic acids is 1. The third-order valence-corrected chi connectivity index (χ3v) is 5.84. The Morgan fingerprint density at radius 2 is 1.53 bits per heavy atom. The molecule has 0 radical (unpaired) electrons. The van der Waals surface area contributed by atoms with Gasteiger partial charge in [0.05, 0.1) is 18.8 Å². The van der Waals surface area contributed by atoms with Crippen molar-refractivity contribution in [3.63, 3.8) is 0 Å². The summed E-state index contributed by atoms with van der Waals surface area (Å²) in [5, 5.41) is 5.82. The van der Waals surface area contributed by atoms with Crippen LogP contribution in [0.15, 0.2) is 53.9 Å². The number of benzene rings is 2. The van der Waals surface area contributed by atoms with Crippen molar-refractivity contribution in [2.45, 2.75) is 6.54 Å². The zero-order valence-electron chi connectivity index (χ0n) is 16.4.